The minimum atomic E-state index is 0. The number of hydrogen-bond acceptors (Lipinski definition) is 0. The smallest absolute Gasteiger partial charge is 0 e. The van der Waals surface area contributed by atoms with Crippen molar-refractivity contribution < 1.29 is 31.1 Å². The second kappa shape index (κ2) is 8.83. The van der Waals surface area contributed by atoms with Crippen LogP contribution >= 0.6 is 0 Å². The van der Waals surface area contributed by atoms with E-state index >= 15 is 0 Å². The Morgan fingerprint density at radius 3 is 2.00 bits per heavy atom. The summed E-state index contributed by atoms with van der Waals surface area (Å²) in [7, 11) is 0. The summed E-state index contributed by atoms with van der Waals surface area (Å²) in [5.74, 6) is 0. The van der Waals surface area contributed by atoms with E-state index in [1.54, 1.807) is 6.08 Å². The van der Waals surface area contributed by atoms with Crippen molar-refractivity contribution in [3.05, 3.63) is 18.4 Å². The van der Waals surface area contributed by atoms with Crippen LogP contribution in [0.1, 0.15) is 0 Å². The van der Waals surface area contributed by atoms with Crippen LogP contribution in [0.3, 0.4) is 0 Å². The SMILES string of the molecule is C=CC[NH-].[U]. The van der Waals surface area contributed by atoms with E-state index in [0.717, 1.165) is 0 Å². The second-order valence-electron chi connectivity index (χ2n) is 0.493. The minimum absolute atomic E-state index is 0. The third-order valence-corrected chi connectivity index (χ3v) is 0.144. The van der Waals surface area contributed by atoms with E-state index in [4.69, 9.17) is 5.73 Å². The molecule has 0 spiro atoms. The fourth-order valence-electron chi connectivity index (χ4n) is 0. The number of nitrogens with one attached hydrogen (secondary N) is 1. The summed E-state index contributed by atoms with van der Waals surface area (Å²) in [4.78, 5) is 0. The fraction of sp³-hybridized carbons (Fsp3) is 0.333. The topological polar surface area (TPSA) is 23.8 Å². The predicted octanol–water partition coefficient (Wildman–Crippen LogP) is 1.22. The van der Waals surface area contributed by atoms with Crippen LogP contribution in [0.5, 0.6) is 0 Å². The summed E-state index contributed by atoms with van der Waals surface area (Å²) in [5.41, 5.74) is 6.33. The molecule has 0 aromatic carbocycles. The standard InChI is InChI=1S/C3H6N.U/c1-2-3-4;/h2,4H,1,3H2;/q-1;. The normalized spacial score (nSPS) is 5.00. The zero-order chi connectivity index (χ0) is 3.41. The van der Waals surface area contributed by atoms with Crippen LogP contribution in [-0.4, -0.2) is 6.54 Å². The third-order valence-electron chi connectivity index (χ3n) is 0.144. The molecule has 0 heterocycles. The third kappa shape index (κ3) is 11.7. The molecule has 0 radical (unpaired) electrons. The summed E-state index contributed by atoms with van der Waals surface area (Å²) in [5, 5.41) is 0. The van der Waals surface area contributed by atoms with Crippen LogP contribution < -0.4 is 0 Å². The van der Waals surface area contributed by atoms with Gasteiger partial charge in [-0.3, -0.25) is 0 Å². The van der Waals surface area contributed by atoms with Crippen LogP contribution in [0.25, 0.3) is 5.73 Å². The molecule has 0 unspecified atom stereocenters. The van der Waals surface area contributed by atoms with E-state index in [-0.39, 0.29) is 31.1 Å². The minimum Gasteiger partial charge on any atom is -0.674 e. The van der Waals surface area contributed by atoms with Gasteiger partial charge >= 0.3 is 0 Å². The molecule has 28 valence electrons. The van der Waals surface area contributed by atoms with Crippen molar-refractivity contribution in [2.45, 2.75) is 0 Å². The molecule has 0 amide bonds. The van der Waals surface area contributed by atoms with Gasteiger partial charge in [0.2, 0.25) is 0 Å². The van der Waals surface area contributed by atoms with Crippen LogP contribution in [0.15, 0.2) is 12.7 Å². The van der Waals surface area contributed by atoms with Gasteiger partial charge in [0.1, 0.15) is 0 Å². The molecule has 0 saturated heterocycles. The molecular weight excluding hydrogens is 288 g/mol. The molecule has 0 fully saturated rings. The van der Waals surface area contributed by atoms with Crippen molar-refractivity contribution in [3.63, 3.8) is 0 Å². The Balaban J connectivity index is 0. The first-order valence-electron chi connectivity index (χ1n) is 1.17. The molecule has 0 bridgehead atoms. The molecule has 0 atom stereocenters. The summed E-state index contributed by atoms with van der Waals surface area (Å²) in [6.45, 7) is 3.62. The van der Waals surface area contributed by atoms with Gasteiger partial charge in [0.25, 0.3) is 0 Å². The Morgan fingerprint density at radius 1 is 1.80 bits per heavy atom. The Kier molecular flexibility index (Phi) is 16.3. The quantitative estimate of drug-likeness (QED) is 0.650. The molecule has 0 saturated carbocycles. The molecule has 0 aliphatic rings. The van der Waals surface area contributed by atoms with Crippen molar-refractivity contribution in [3.8, 4) is 0 Å². The molecular formula is C3H6NU-. The van der Waals surface area contributed by atoms with Gasteiger partial charge in [-0.05, 0) is 0 Å². The first kappa shape index (κ1) is 9.23. The van der Waals surface area contributed by atoms with Gasteiger partial charge in [-0.1, -0.05) is 0 Å². The van der Waals surface area contributed by atoms with Gasteiger partial charge in [0, 0.05) is 31.1 Å². The van der Waals surface area contributed by atoms with Crippen LogP contribution in [0, 0.1) is 31.1 Å². The van der Waals surface area contributed by atoms with E-state index in [2.05, 4.69) is 6.58 Å². The summed E-state index contributed by atoms with van der Waals surface area (Å²) in [6.07, 6.45) is 1.54. The van der Waals surface area contributed by atoms with Gasteiger partial charge in [-0.25, -0.2) is 0 Å². The van der Waals surface area contributed by atoms with Crippen molar-refractivity contribution in [1.29, 1.82) is 0 Å². The molecule has 0 aliphatic carbocycles. The molecule has 0 aromatic heterocycles. The number of rotatable bonds is 1. The van der Waals surface area contributed by atoms with E-state index < -0.39 is 0 Å². The molecule has 2 heteroatoms. The second-order valence-corrected chi connectivity index (χ2v) is 0.493. The van der Waals surface area contributed by atoms with Crippen LogP contribution in [0.4, 0.5) is 0 Å². The first-order chi connectivity index (χ1) is 1.91. The zero-order valence-electron chi connectivity index (χ0n) is 2.99. The molecule has 1 N–H and O–H groups in total. The van der Waals surface area contributed by atoms with Gasteiger partial charge in [0.15, 0.2) is 0 Å². The van der Waals surface area contributed by atoms with Gasteiger partial charge in [-0.2, -0.15) is 0 Å². The maximum Gasteiger partial charge on any atom is 0 e. The maximum atomic E-state index is 6.33. The van der Waals surface area contributed by atoms with Crippen LogP contribution in [0.2, 0.25) is 0 Å². The Labute approximate surface area is 56.0 Å². The van der Waals surface area contributed by atoms with E-state index in [1.807, 2.05) is 0 Å². The van der Waals surface area contributed by atoms with Gasteiger partial charge in [-0.15, -0.1) is 19.2 Å². The molecule has 0 rings (SSSR count). The van der Waals surface area contributed by atoms with E-state index in [0.29, 0.717) is 6.54 Å². The van der Waals surface area contributed by atoms with Gasteiger partial charge < -0.3 is 5.73 Å². The van der Waals surface area contributed by atoms with Crippen molar-refractivity contribution in [1.82, 2.24) is 0 Å². The Morgan fingerprint density at radius 2 is 2.00 bits per heavy atom. The maximum absolute atomic E-state index is 6.33. The van der Waals surface area contributed by atoms with E-state index in [1.165, 1.54) is 0 Å². The van der Waals surface area contributed by atoms with Crippen molar-refractivity contribution >= 4 is 0 Å². The van der Waals surface area contributed by atoms with Gasteiger partial charge in [0.05, 0.1) is 0 Å². The number of hydrogen-bond donors (Lipinski definition) is 0. The van der Waals surface area contributed by atoms with Crippen LogP contribution in [-0.2, 0) is 0 Å². The monoisotopic (exact) mass is 294 g/mol. The summed E-state index contributed by atoms with van der Waals surface area (Å²) in [6, 6.07) is 0. The zero-order valence-corrected chi connectivity index (χ0v) is 7.16. The van der Waals surface area contributed by atoms with Crippen molar-refractivity contribution in [2.75, 3.05) is 6.54 Å². The average Bonchev–Trinajstić information content (AvgIpc) is 1.37. The molecule has 1 nitrogen and oxygen atoms in total. The summed E-state index contributed by atoms with van der Waals surface area (Å²) >= 11 is 0. The predicted molar refractivity (Wildman–Crippen MR) is 19.4 cm³/mol. The Hall–Kier alpha value is 0.752. The first-order valence-corrected chi connectivity index (χ1v) is 1.17. The van der Waals surface area contributed by atoms with Crippen molar-refractivity contribution in [2.24, 2.45) is 0 Å². The van der Waals surface area contributed by atoms with E-state index in [9.17, 15) is 0 Å². The average molecular weight is 294 g/mol. The Bertz CT molecular complexity index is 20.9. The molecule has 0 aliphatic heterocycles. The fourth-order valence-corrected chi connectivity index (χ4v) is 0. The molecule has 5 heavy (non-hydrogen) atoms. The largest absolute Gasteiger partial charge is 0.674 e. The summed E-state index contributed by atoms with van der Waals surface area (Å²) < 4.78 is 0. The molecule has 0 aromatic rings.